The van der Waals surface area contributed by atoms with E-state index in [0.717, 1.165) is 24.8 Å². The minimum absolute atomic E-state index is 0.0841. The van der Waals surface area contributed by atoms with Crippen LogP contribution in [-0.2, 0) is 4.79 Å². The van der Waals surface area contributed by atoms with Gasteiger partial charge < -0.3 is 11.1 Å². The highest BCUT2D eigenvalue weighted by atomic mass is 16.2. The molecule has 2 atom stereocenters. The van der Waals surface area contributed by atoms with Gasteiger partial charge in [-0.15, -0.1) is 0 Å². The molecule has 0 bridgehead atoms. The molecule has 0 heterocycles. The molecule has 3 heteroatoms. The quantitative estimate of drug-likeness (QED) is 0.813. The van der Waals surface area contributed by atoms with Crippen LogP contribution in [0.2, 0.25) is 0 Å². The normalized spacial score (nSPS) is 14.0. The summed E-state index contributed by atoms with van der Waals surface area (Å²) in [5.41, 5.74) is 8.01. The van der Waals surface area contributed by atoms with Crippen LogP contribution < -0.4 is 11.1 Å². The SMILES string of the molecule is CCCC(CC)NC(=O)C(N)c1ccc(C)cc1. The number of hydrogen-bond acceptors (Lipinski definition) is 2. The Kier molecular flexibility index (Phi) is 5.86. The molecule has 0 aliphatic heterocycles. The highest BCUT2D eigenvalue weighted by molar-refractivity contribution is 5.83. The lowest BCUT2D eigenvalue weighted by Gasteiger charge is -2.19. The predicted molar refractivity (Wildman–Crippen MR) is 75.2 cm³/mol. The molecular weight excluding hydrogens is 224 g/mol. The summed E-state index contributed by atoms with van der Waals surface area (Å²) in [5.74, 6) is -0.0841. The van der Waals surface area contributed by atoms with E-state index in [0.29, 0.717) is 0 Å². The Balaban J connectivity index is 2.63. The molecular formula is C15H24N2O. The van der Waals surface area contributed by atoms with Gasteiger partial charge in [0.25, 0.3) is 0 Å². The number of benzene rings is 1. The van der Waals surface area contributed by atoms with E-state index in [1.807, 2.05) is 31.2 Å². The van der Waals surface area contributed by atoms with Crippen molar-refractivity contribution in [3.8, 4) is 0 Å². The van der Waals surface area contributed by atoms with E-state index < -0.39 is 6.04 Å². The van der Waals surface area contributed by atoms with Crippen molar-refractivity contribution < 1.29 is 4.79 Å². The molecule has 3 N–H and O–H groups in total. The highest BCUT2D eigenvalue weighted by Gasteiger charge is 2.18. The van der Waals surface area contributed by atoms with Crippen molar-refractivity contribution in [2.75, 3.05) is 0 Å². The molecule has 0 aromatic heterocycles. The topological polar surface area (TPSA) is 55.1 Å². The number of carbonyl (C=O) groups is 1. The van der Waals surface area contributed by atoms with Gasteiger partial charge in [0.05, 0.1) is 0 Å². The van der Waals surface area contributed by atoms with Crippen LogP contribution in [-0.4, -0.2) is 11.9 Å². The van der Waals surface area contributed by atoms with E-state index in [-0.39, 0.29) is 11.9 Å². The van der Waals surface area contributed by atoms with E-state index in [4.69, 9.17) is 5.73 Å². The largest absolute Gasteiger partial charge is 0.352 e. The Labute approximate surface area is 110 Å². The van der Waals surface area contributed by atoms with Crippen LogP contribution in [0.15, 0.2) is 24.3 Å². The zero-order chi connectivity index (χ0) is 13.5. The van der Waals surface area contributed by atoms with Gasteiger partial charge in [0, 0.05) is 6.04 Å². The van der Waals surface area contributed by atoms with Gasteiger partial charge in [-0.25, -0.2) is 0 Å². The molecule has 1 rings (SSSR count). The fourth-order valence-electron chi connectivity index (χ4n) is 1.94. The Hall–Kier alpha value is -1.35. The molecule has 2 unspecified atom stereocenters. The van der Waals surface area contributed by atoms with Gasteiger partial charge in [0.1, 0.15) is 6.04 Å². The minimum Gasteiger partial charge on any atom is -0.352 e. The number of nitrogens with one attached hydrogen (secondary N) is 1. The first-order valence-corrected chi connectivity index (χ1v) is 6.71. The van der Waals surface area contributed by atoms with Crippen molar-refractivity contribution in [1.29, 1.82) is 0 Å². The van der Waals surface area contributed by atoms with Crippen LogP contribution in [0.4, 0.5) is 0 Å². The third-order valence-electron chi connectivity index (χ3n) is 3.20. The molecule has 1 amide bonds. The lowest BCUT2D eigenvalue weighted by atomic mass is 10.0. The molecule has 1 aromatic carbocycles. The molecule has 100 valence electrons. The molecule has 0 saturated heterocycles. The van der Waals surface area contributed by atoms with Gasteiger partial charge >= 0.3 is 0 Å². The van der Waals surface area contributed by atoms with E-state index >= 15 is 0 Å². The summed E-state index contributed by atoms with van der Waals surface area (Å²) < 4.78 is 0. The molecule has 0 aliphatic rings. The lowest BCUT2D eigenvalue weighted by molar-refractivity contribution is -0.123. The zero-order valence-corrected chi connectivity index (χ0v) is 11.6. The van der Waals surface area contributed by atoms with Crippen LogP contribution in [0.5, 0.6) is 0 Å². The summed E-state index contributed by atoms with van der Waals surface area (Å²) in [5, 5.41) is 3.02. The van der Waals surface area contributed by atoms with Crippen molar-refractivity contribution in [2.24, 2.45) is 5.73 Å². The second-order valence-corrected chi connectivity index (χ2v) is 4.79. The fourth-order valence-corrected chi connectivity index (χ4v) is 1.94. The van der Waals surface area contributed by atoms with Crippen molar-refractivity contribution in [3.05, 3.63) is 35.4 Å². The van der Waals surface area contributed by atoms with Gasteiger partial charge in [0.15, 0.2) is 0 Å². The molecule has 0 aliphatic carbocycles. The molecule has 1 aromatic rings. The number of nitrogens with two attached hydrogens (primary N) is 1. The summed E-state index contributed by atoms with van der Waals surface area (Å²) >= 11 is 0. The summed E-state index contributed by atoms with van der Waals surface area (Å²) in [6.07, 6.45) is 3.02. The monoisotopic (exact) mass is 248 g/mol. The maximum absolute atomic E-state index is 12.0. The van der Waals surface area contributed by atoms with E-state index in [1.54, 1.807) is 0 Å². The van der Waals surface area contributed by atoms with Crippen molar-refractivity contribution in [3.63, 3.8) is 0 Å². The number of amides is 1. The minimum atomic E-state index is -0.573. The smallest absolute Gasteiger partial charge is 0.241 e. The fraction of sp³-hybridized carbons (Fsp3) is 0.533. The first kappa shape index (κ1) is 14.7. The van der Waals surface area contributed by atoms with Crippen molar-refractivity contribution >= 4 is 5.91 Å². The number of hydrogen-bond donors (Lipinski definition) is 2. The Morgan fingerprint density at radius 3 is 2.39 bits per heavy atom. The van der Waals surface area contributed by atoms with Crippen molar-refractivity contribution in [1.82, 2.24) is 5.32 Å². The molecule has 0 fully saturated rings. The molecule has 3 nitrogen and oxygen atoms in total. The molecule has 18 heavy (non-hydrogen) atoms. The molecule has 0 radical (unpaired) electrons. The summed E-state index contributed by atoms with van der Waals surface area (Å²) in [6.45, 7) is 6.22. The number of aryl methyl sites for hydroxylation is 1. The second-order valence-electron chi connectivity index (χ2n) is 4.79. The number of rotatable bonds is 6. The third-order valence-corrected chi connectivity index (χ3v) is 3.20. The Bertz CT molecular complexity index is 373. The van der Waals surface area contributed by atoms with Gasteiger partial charge in [-0.1, -0.05) is 50.1 Å². The van der Waals surface area contributed by atoms with Gasteiger partial charge in [-0.05, 0) is 25.3 Å². The Morgan fingerprint density at radius 2 is 1.89 bits per heavy atom. The first-order valence-electron chi connectivity index (χ1n) is 6.71. The molecule has 0 spiro atoms. The van der Waals surface area contributed by atoms with Crippen LogP contribution in [0.1, 0.15) is 50.3 Å². The van der Waals surface area contributed by atoms with Crippen LogP contribution in [0.25, 0.3) is 0 Å². The third kappa shape index (κ3) is 4.15. The van der Waals surface area contributed by atoms with Crippen molar-refractivity contribution in [2.45, 2.75) is 52.1 Å². The van der Waals surface area contributed by atoms with E-state index in [9.17, 15) is 4.79 Å². The zero-order valence-electron chi connectivity index (χ0n) is 11.6. The van der Waals surface area contributed by atoms with Gasteiger partial charge in [-0.3, -0.25) is 4.79 Å². The van der Waals surface area contributed by atoms with E-state index in [1.165, 1.54) is 5.56 Å². The summed E-state index contributed by atoms with van der Waals surface area (Å²) in [7, 11) is 0. The predicted octanol–water partition coefficient (Wildman–Crippen LogP) is 2.69. The van der Waals surface area contributed by atoms with Gasteiger partial charge in [0.2, 0.25) is 5.91 Å². The molecule has 0 saturated carbocycles. The summed E-state index contributed by atoms with van der Waals surface area (Å²) in [6, 6.07) is 7.45. The van der Waals surface area contributed by atoms with Crippen LogP contribution >= 0.6 is 0 Å². The maximum Gasteiger partial charge on any atom is 0.241 e. The second kappa shape index (κ2) is 7.17. The van der Waals surface area contributed by atoms with Crippen LogP contribution in [0, 0.1) is 6.92 Å². The van der Waals surface area contributed by atoms with E-state index in [2.05, 4.69) is 19.2 Å². The number of carbonyl (C=O) groups excluding carboxylic acids is 1. The standard InChI is InChI=1S/C15H24N2O/c1-4-6-13(5-2)17-15(18)14(16)12-9-7-11(3)8-10-12/h7-10,13-14H,4-6,16H2,1-3H3,(H,17,18). The first-order chi connectivity index (χ1) is 8.58. The van der Waals surface area contributed by atoms with Gasteiger partial charge in [-0.2, -0.15) is 0 Å². The highest BCUT2D eigenvalue weighted by Crippen LogP contribution is 2.12. The average molecular weight is 248 g/mol. The lowest BCUT2D eigenvalue weighted by Crippen LogP contribution is -2.40. The van der Waals surface area contributed by atoms with Crippen LogP contribution in [0.3, 0.4) is 0 Å². The average Bonchev–Trinajstić information content (AvgIpc) is 2.38. The maximum atomic E-state index is 12.0. The Morgan fingerprint density at radius 1 is 1.28 bits per heavy atom. The summed E-state index contributed by atoms with van der Waals surface area (Å²) in [4.78, 5) is 12.0.